The lowest BCUT2D eigenvalue weighted by Gasteiger charge is -2.32. The van der Waals surface area contributed by atoms with Gasteiger partial charge in [-0.1, -0.05) is 116 Å². The second kappa shape index (κ2) is 29.3. The molecule has 0 spiro atoms. The number of hydrogen-bond acceptors (Lipinski definition) is 12. The minimum absolute atomic E-state index is 0.0100. The van der Waals surface area contributed by atoms with E-state index >= 15 is 22.4 Å². The van der Waals surface area contributed by atoms with E-state index in [1.165, 1.54) is 78.9 Å². The van der Waals surface area contributed by atoms with Gasteiger partial charge in [0.1, 0.15) is 23.7 Å². The van der Waals surface area contributed by atoms with Gasteiger partial charge in [0, 0.05) is 67.1 Å². The Morgan fingerprint density at radius 2 is 0.938 bits per heavy atom. The molecule has 0 radical (unpaired) electrons. The molecule has 0 unspecified atom stereocenters. The zero-order chi connectivity index (χ0) is 71.9. The molecule has 0 aromatic heterocycles. The van der Waals surface area contributed by atoms with Crippen molar-refractivity contribution < 1.29 is 100 Å². The fraction of sp³-hybridized carbons (Fsp3) is 0.215. The van der Waals surface area contributed by atoms with Crippen LogP contribution in [-0.2, 0) is 64.8 Å². The lowest BCUT2D eigenvalue weighted by Crippen LogP contribution is -2.43. The molecule has 32 heteroatoms. The summed E-state index contributed by atoms with van der Waals surface area (Å²) >= 11 is 21.7. The number of esters is 1. The first-order chi connectivity index (χ1) is 45.1. The van der Waals surface area contributed by atoms with Gasteiger partial charge in [-0.3, -0.25) is 14.5 Å². The van der Waals surface area contributed by atoms with Crippen LogP contribution in [0, 0.1) is 58.2 Å². The molecule has 0 aliphatic carbocycles. The van der Waals surface area contributed by atoms with Crippen molar-refractivity contribution in [1.82, 2.24) is 8.61 Å². The Hall–Kier alpha value is -7.84. The molecule has 0 aliphatic rings. The third kappa shape index (κ3) is 16.3. The van der Waals surface area contributed by atoms with Gasteiger partial charge < -0.3 is 30.1 Å². The van der Waals surface area contributed by atoms with E-state index in [1.54, 1.807) is 40.7 Å². The van der Waals surface area contributed by atoms with E-state index in [9.17, 15) is 73.2 Å². The van der Waals surface area contributed by atoms with E-state index in [0.29, 0.717) is 10.0 Å². The van der Waals surface area contributed by atoms with Crippen molar-refractivity contribution in [2.45, 2.75) is 81.2 Å². The fourth-order valence-corrected chi connectivity index (χ4v) is 13.9. The number of rotatable bonds is 22. The summed E-state index contributed by atoms with van der Waals surface area (Å²) in [5.41, 5.74) is -3.26. The number of anilines is 3. The number of phenols is 2. The van der Waals surface area contributed by atoms with Crippen LogP contribution in [0.3, 0.4) is 0 Å². The third-order valence-corrected chi connectivity index (χ3v) is 19.8. The maximum Gasteiger partial charge on any atom is 0.341 e. The van der Waals surface area contributed by atoms with E-state index in [0.717, 1.165) is 46.2 Å². The van der Waals surface area contributed by atoms with Gasteiger partial charge in [-0.25, -0.2) is 65.5 Å². The van der Waals surface area contributed by atoms with E-state index < -0.39 is 185 Å². The van der Waals surface area contributed by atoms with E-state index in [1.807, 2.05) is 0 Å². The molecule has 8 aromatic carbocycles. The van der Waals surface area contributed by atoms with E-state index in [2.05, 4.69) is 15.9 Å². The van der Waals surface area contributed by atoms with Gasteiger partial charge in [0.15, 0.2) is 62.6 Å². The van der Waals surface area contributed by atoms with Crippen LogP contribution in [0.4, 0.5) is 61.0 Å². The average molecular weight is 1520 g/mol. The summed E-state index contributed by atoms with van der Waals surface area (Å²) in [7, 11) is -11.8. The summed E-state index contributed by atoms with van der Waals surface area (Å²) < 4.78 is 213. The Kier molecular flexibility index (Phi) is 22.6. The molecular formula is C65H52BrCl3F10N4O12S2. The van der Waals surface area contributed by atoms with Gasteiger partial charge in [-0.15, -0.1) is 0 Å². The Balaban J connectivity index is 1.16. The summed E-state index contributed by atoms with van der Waals surface area (Å²) in [5.74, 6) is -32.3. The molecule has 0 fully saturated rings. The smallest absolute Gasteiger partial charge is 0.341 e. The largest absolute Gasteiger partial charge is 0.507 e. The number of aliphatic hydroxyl groups excluding tert-OH is 1. The Labute approximate surface area is 571 Å². The van der Waals surface area contributed by atoms with Crippen LogP contribution in [0.2, 0.25) is 15.1 Å². The number of hydrogen-bond donors (Lipinski definition) is 4. The highest BCUT2D eigenvalue weighted by molar-refractivity contribution is 9.10. The number of amides is 2. The summed E-state index contributed by atoms with van der Waals surface area (Å²) in [6.45, 7) is 2.40. The zero-order valence-electron chi connectivity index (χ0n) is 50.8. The highest BCUT2D eigenvalue weighted by Gasteiger charge is 2.42. The molecule has 0 saturated carbocycles. The standard InChI is InChI=1S/C65H52BrCl3F10N4O12S2/c1-64(2,3)35-20-36(22-43(21-35)83(42-15-16-44(62(88)89)46(84)25-42)49(87)30-81(27-33-8-12-39(68)13-9-33)97(93,94)61-58(78)54(74)51(71)55(75)59(61)79)65(4,5)31-95-63(90)45-17-14-41(24-47(45)85)82(28-34-18-37(66)23-40(69)19-34)48(86)29-80(26-32-6-10-38(67)11-7-32)96(91,92)60-56(76)52(72)50(70)53(73)57(60)77/h6-25,62,84-85,88-89H,26-31H2,1-5H3. The Bertz CT molecular complexity index is 4600. The minimum Gasteiger partial charge on any atom is -0.507 e. The number of carbonyl (C=O) groups excluding carboxylic acids is 3. The molecule has 97 heavy (non-hydrogen) atoms. The maximum absolute atomic E-state index is 15.5. The molecule has 0 saturated heterocycles. The fourth-order valence-electron chi connectivity index (χ4n) is 9.74. The van der Waals surface area contributed by atoms with Crippen LogP contribution in [0.5, 0.6) is 11.5 Å². The number of carbonyl (C=O) groups is 3. The number of sulfonamides is 2. The number of halogens is 14. The molecule has 0 atom stereocenters. The van der Waals surface area contributed by atoms with Crippen molar-refractivity contribution in [3.63, 3.8) is 0 Å². The van der Waals surface area contributed by atoms with Crippen LogP contribution in [0.1, 0.15) is 84.6 Å². The first kappa shape index (κ1) is 74.9. The lowest BCUT2D eigenvalue weighted by molar-refractivity contribution is -0.119. The Morgan fingerprint density at radius 1 is 0.495 bits per heavy atom. The predicted molar refractivity (Wildman–Crippen MR) is 340 cm³/mol. The molecule has 8 rings (SSSR count). The Morgan fingerprint density at radius 3 is 1.38 bits per heavy atom. The number of aromatic hydroxyl groups is 2. The third-order valence-electron chi connectivity index (χ3n) is 15.0. The second-order valence-corrected chi connectivity index (χ2v) is 29.4. The number of nitrogens with zero attached hydrogens (tertiary/aromatic N) is 4. The van der Waals surface area contributed by atoms with Crippen molar-refractivity contribution in [3.8, 4) is 11.5 Å². The lowest BCUT2D eigenvalue weighted by atomic mass is 9.79. The van der Waals surface area contributed by atoms with Crippen molar-refractivity contribution in [3.05, 3.63) is 238 Å². The second-order valence-electron chi connectivity index (χ2n) is 23.4. The summed E-state index contributed by atoms with van der Waals surface area (Å²) in [6.07, 6.45) is -2.29. The number of benzene rings is 8. The summed E-state index contributed by atoms with van der Waals surface area (Å²) in [4.78, 5) is 41.1. The molecule has 0 heterocycles. The van der Waals surface area contributed by atoms with E-state index in [-0.39, 0.29) is 63.0 Å². The van der Waals surface area contributed by atoms with Gasteiger partial charge in [0.25, 0.3) is 0 Å². The molecule has 16 nitrogen and oxygen atoms in total. The predicted octanol–water partition coefficient (Wildman–Crippen LogP) is 14.6. The van der Waals surface area contributed by atoms with Crippen LogP contribution >= 0.6 is 50.7 Å². The van der Waals surface area contributed by atoms with Crippen LogP contribution in [-0.4, -0.2) is 83.4 Å². The van der Waals surface area contributed by atoms with Crippen LogP contribution < -0.4 is 9.80 Å². The van der Waals surface area contributed by atoms with Gasteiger partial charge in [0.05, 0.1) is 25.3 Å². The van der Waals surface area contributed by atoms with Crippen LogP contribution in [0.15, 0.2) is 136 Å². The molecule has 0 aliphatic heterocycles. The molecule has 514 valence electrons. The highest BCUT2D eigenvalue weighted by atomic mass is 79.9. The average Bonchev–Trinajstić information content (AvgIpc) is 0.763. The van der Waals surface area contributed by atoms with Crippen molar-refractivity contribution in [2.75, 3.05) is 29.5 Å². The highest BCUT2D eigenvalue weighted by Crippen LogP contribution is 2.41. The normalized spacial score (nSPS) is 12.2. The summed E-state index contributed by atoms with van der Waals surface area (Å²) in [6, 6.07) is 24.7. The molecule has 8 aromatic rings. The van der Waals surface area contributed by atoms with Crippen molar-refractivity contribution >= 4 is 106 Å². The molecular weight excluding hydrogens is 1470 g/mol. The van der Waals surface area contributed by atoms with Crippen molar-refractivity contribution in [2.24, 2.45) is 0 Å². The van der Waals surface area contributed by atoms with E-state index in [4.69, 9.17) is 39.5 Å². The van der Waals surface area contributed by atoms with Gasteiger partial charge in [0.2, 0.25) is 43.5 Å². The summed E-state index contributed by atoms with van der Waals surface area (Å²) in [5, 5.41) is 43.0. The number of phenolic OH excluding ortho intramolecular Hbond substituents is 2. The monoisotopic (exact) mass is 1520 g/mol. The SMILES string of the molecule is CC(C)(C)c1cc(N(C(=O)CN(Cc2ccc(Cl)cc2)S(=O)(=O)c2c(F)c(F)c(F)c(F)c2F)c2ccc(C(O)O)c(O)c2)cc(C(C)(C)COC(=O)c2ccc(N(Cc3cc(Cl)cc(Br)c3)C(=O)CN(Cc3ccc(Cl)cc3)S(=O)(=O)c3c(F)c(F)c(F)c(F)c3F)cc2O)c1. The first-order valence-corrected chi connectivity index (χ1v) is 32.9. The zero-order valence-corrected chi connectivity index (χ0v) is 56.3. The number of aliphatic hydroxyl groups is 2. The quantitative estimate of drug-likeness (QED) is 0.0164. The van der Waals surface area contributed by atoms with Gasteiger partial charge in [-0.2, -0.15) is 8.61 Å². The van der Waals surface area contributed by atoms with Crippen molar-refractivity contribution in [1.29, 1.82) is 0 Å². The van der Waals surface area contributed by atoms with Gasteiger partial charge >= 0.3 is 5.97 Å². The van der Waals surface area contributed by atoms with Gasteiger partial charge in [-0.05, 0) is 112 Å². The molecule has 2 amide bonds. The maximum atomic E-state index is 15.5. The van der Waals surface area contributed by atoms with Crippen LogP contribution in [0.25, 0.3) is 0 Å². The topological polar surface area (TPSA) is 223 Å². The first-order valence-electron chi connectivity index (χ1n) is 28.1. The molecule has 4 N–H and O–H groups in total. The molecule has 0 bridgehead atoms. The minimum atomic E-state index is -5.94. The number of ether oxygens (including phenoxy) is 1.